The quantitative estimate of drug-likeness (QED) is 0.413. The van der Waals surface area contributed by atoms with Crippen LogP contribution in [0.25, 0.3) is 0 Å². The van der Waals surface area contributed by atoms with E-state index in [1.54, 1.807) is 7.11 Å². The molecule has 3 rings (SSSR count). The third kappa shape index (κ3) is 14.2. The molecule has 0 aliphatic carbocycles. The fraction of sp³-hybridized carbons (Fsp3) is 0.697. The molecule has 2 fully saturated rings. The maximum Gasteiger partial charge on any atom is 0.249 e. The lowest BCUT2D eigenvalue weighted by Gasteiger charge is -2.38. The van der Waals surface area contributed by atoms with Crippen molar-refractivity contribution in [2.24, 2.45) is 17.3 Å². The number of benzene rings is 1. The van der Waals surface area contributed by atoms with Gasteiger partial charge in [-0.25, -0.2) is 0 Å². The van der Waals surface area contributed by atoms with Gasteiger partial charge in [0.05, 0.1) is 33.5 Å². The summed E-state index contributed by atoms with van der Waals surface area (Å²) in [6.07, 6.45) is 2.39. The average Bonchev–Trinajstić information content (AvgIpc) is 2.98. The van der Waals surface area contributed by atoms with E-state index in [9.17, 15) is 19.2 Å². The Bertz CT molecular complexity index is 1110. The maximum atomic E-state index is 13.0. The molecule has 0 radical (unpaired) electrons. The van der Waals surface area contributed by atoms with Crippen molar-refractivity contribution >= 4 is 23.6 Å². The lowest BCUT2D eigenvalue weighted by Crippen LogP contribution is -2.46. The van der Waals surface area contributed by atoms with Crippen molar-refractivity contribution < 1.29 is 33.4 Å². The first-order valence-corrected chi connectivity index (χ1v) is 16.1. The molecular weight excluding hydrogens is 578 g/mol. The van der Waals surface area contributed by atoms with Crippen LogP contribution in [0.2, 0.25) is 0 Å². The second kappa shape index (κ2) is 18.7. The van der Waals surface area contributed by atoms with Gasteiger partial charge >= 0.3 is 0 Å². The molecule has 12 heteroatoms. The molecule has 1 aromatic carbocycles. The lowest BCUT2D eigenvalue weighted by atomic mass is 9.80. The van der Waals surface area contributed by atoms with Gasteiger partial charge in [0, 0.05) is 52.1 Å². The van der Waals surface area contributed by atoms with Crippen molar-refractivity contribution in [1.29, 1.82) is 0 Å². The van der Waals surface area contributed by atoms with Crippen LogP contribution in [-0.2, 0) is 35.2 Å². The first kappa shape index (κ1) is 36.3. The number of carbonyl (C=O) groups excluding carboxylic acids is 4. The highest BCUT2D eigenvalue weighted by atomic mass is 16.5. The highest BCUT2D eigenvalue weighted by molar-refractivity contribution is 5.85. The zero-order valence-electron chi connectivity index (χ0n) is 27.5. The van der Waals surface area contributed by atoms with Gasteiger partial charge in [-0.15, -0.1) is 0 Å². The molecule has 2 aliphatic rings. The van der Waals surface area contributed by atoms with Crippen LogP contribution in [-0.4, -0.2) is 113 Å². The van der Waals surface area contributed by atoms with Crippen molar-refractivity contribution in [3.05, 3.63) is 29.8 Å². The van der Waals surface area contributed by atoms with Crippen LogP contribution in [0.1, 0.15) is 52.0 Å². The van der Waals surface area contributed by atoms with Gasteiger partial charge in [0.2, 0.25) is 23.6 Å². The molecule has 0 saturated carbocycles. The van der Waals surface area contributed by atoms with Crippen LogP contribution in [0.5, 0.6) is 5.75 Å². The van der Waals surface area contributed by atoms with E-state index < -0.39 is 0 Å². The Labute approximate surface area is 267 Å². The Morgan fingerprint density at radius 1 is 1.02 bits per heavy atom. The molecule has 2 atom stereocenters. The second-order valence-corrected chi connectivity index (χ2v) is 13.2. The predicted molar refractivity (Wildman–Crippen MR) is 170 cm³/mol. The lowest BCUT2D eigenvalue weighted by molar-refractivity contribution is -0.140. The Hall–Kier alpha value is -3.22. The molecule has 0 unspecified atom stereocenters. The molecule has 12 nitrogen and oxygen atoms in total. The SMILES string of the molecule is COc1cccc(CN2CC[C@H]3CC(=O)NCCOCCOCC(=O)N(CCNC(=O)CC(C)(C)C)CC(=O)NCC[C@H]3C2)c1. The van der Waals surface area contributed by atoms with Gasteiger partial charge in [-0.1, -0.05) is 32.9 Å². The number of rotatable bonds is 7. The van der Waals surface area contributed by atoms with Gasteiger partial charge in [-0.2, -0.15) is 0 Å². The zero-order valence-corrected chi connectivity index (χ0v) is 27.5. The van der Waals surface area contributed by atoms with Gasteiger partial charge in [-0.05, 0) is 54.3 Å². The van der Waals surface area contributed by atoms with Gasteiger partial charge in [0.15, 0.2) is 0 Å². The largest absolute Gasteiger partial charge is 0.497 e. The van der Waals surface area contributed by atoms with Gasteiger partial charge in [0.25, 0.3) is 0 Å². The molecule has 2 heterocycles. The molecule has 0 bridgehead atoms. The Morgan fingerprint density at radius 2 is 1.80 bits per heavy atom. The summed E-state index contributed by atoms with van der Waals surface area (Å²) >= 11 is 0. The van der Waals surface area contributed by atoms with E-state index in [0.717, 1.165) is 31.8 Å². The maximum absolute atomic E-state index is 13.0. The summed E-state index contributed by atoms with van der Waals surface area (Å²) in [6.45, 7) is 10.2. The molecule has 2 saturated heterocycles. The highest BCUT2D eigenvalue weighted by Gasteiger charge is 2.31. The van der Waals surface area contributed by atoms with E-state index in [-0.39, 0.29) is 80.3 Å². The van der Waals surface area contributed by atoms with E-state index in [0.29, 0.717) is 39.0 Å². The monoisotopic (exact) mass is 631 g/mol. The number of fused-ring (bicyclic) bond motifs is 1. The predicted octanol–water partition coefficient (Wildman–Crippen LogP) is 1.57. The summed E-state index contributed by atoms with van der Waals surface area (Å²) in [5.74, 6) is 0.519. The number of hydrogen-bond acceptors (Lipinski definition) is 8. The Kier molecular flexibility index (Phi) is 15.0. The van der Waals surface area contributed by atoms with E-state index >= 15 is 0 Å². The summed E-state index contributed by atoms with van der Waals surface area (Å²) in [6, 6.07) is 8.05. The molecule has 3 N–H and O–H groups in total. The average molecular weight is 632 g/mol. The summed E-state index contributed by atoms with van der Waals surface area (Å²) < 4.78 is 16.4. The van der Waals surface area contributed by atoms with Crippen molar-refractivity contribution in [2.45, 2.75) is 53.0 Å². The first-order chi connectivity index (χ1) is 21.5. The number of piperidine rings is 1. The van der Waals surface area contributed by atoms with Crippen molar-refractivity contribution in [3.8, 4) is 5.75 Å². The van der Waals surface area contributed by atoms with Crippen LogP contribution >= 0.6 is 0 Å². The minimum atomic E-state index is -0.332. The minimum absolute atomic E-state index is 0.00359. The third-order valence-corrected chi connectivity index (χ3v) is 8.05. The smallest absolute Gasteiger partial charge is 0.249 e. The molecule has 4 amide bonds. The summed E-state index contributed by atoms with van der Waals surface area (Å²) in [5, 5.41) is 8.80. The molecule has 0 aromatic heterocycles. The van der Waals surface area contributed by atoms with Gasteiger partial charge < -0.3 is 35.1 Å². The normalized spacial score (nSPS) is 22.2. The third-order valence-electron chi connectivity index (χ3n) is 8.05. The van der Waals surface area contributed by atoms with Crippen LogP contribution in [0.15, 0.2) is 24.3 Å². The molecule has 0 spiro atoms. The van der Waals surface area contributed by atoms with Crippen molar-refractivity contribution in [3.63, 3.8) is 0 Å². The van der Waals surface area contributed by atoms with Gasteiger partial charge in [0.1, 0.15) is 12.4 Å². The Balaban J connectivity index is 1.62. The highest BCUT2D eigenvalue weighted by Crippen LogP contribution is 2.30. The minimum Gasteiger partial charge on any atom is -0.497 e. The standard InChI is InChI=1S/C33H53N5O7/c1-33(2,3)20-30(40)35-11-14-38-23-31(41)34-10-8-27-22-37(21-25-6-5-7-28(18-25)43-4)13-9-26(27)19-29(39)36-12-15-44-16-17-45-24-32(38)42/h5-7,18,26-27H,8-17,19-24H2,1-4H3,(H,34,41)(H,35,40)(H,36,39)/t26-,27-/m0/s1. The van der Waals surface area contributed by atoms with Crippen LogP contribution in [0.3, 0.4) is 0 Å². The number of hydrogen-bond donors (Lipinski definition) is 3. The zero-order chi connectivity index (χ0) is 32.7. The number of nitrogens with zero attached hydrogens (tertiary/aromatic N) is 2. The molecule has 252 valence electrons. The number of amides is 4. The van der Waals surface area contributed by atoms with Crippen molar-refractivity contribution in [1.82, 2.24) is 25.8 Å². The second-order valence-electron chi connectivity index (χ2n) is 13.2. The topological polar surface area (TPSA) is 139 Å². The summed E-state index contributed by atoms with van der Waals surface area (Å²) in [5.41, 5.74) is 1.01. The number of ether oxygens (including phenoxy) is 3. The number of likely N-dealkylation sites (tertiary alicyclic amines) is 1. The Morgan fingerprint density at radius 3 is 2.58 bits per heavy atom. The van der Waals surface area contributed by atoms with E-state index in [4.69, 9.17) is 14.2 Å². The summed E-state index contributed by atoms with van der Waals surface area (Å²) in [4.78, 5) is 54.8. The molecule has 45 heavy (non-hydrogen) atoms. The fourth-order valence-corrected chi connectivity index (χ4v) is 5.76. The number of carbonyl (C=O) groups is 4. The molecule has 1 aromatic rings. The van der Waals surface area contributed by atoms with Gasteiger partial charge in [-0.3, -0.25) is 24.1 Å². The van der Waals surface area contributed by atoms with Crippen LogP contribution in [0, 0.1) is 17.3 Å². The van der Waals surface area contributed by atoms with E-state index in [2.05, 4.69) is 26.9 Å². The number of methoxy groups -OCH3 is 1. The molecular formula is C33H53N5O7. The number of nitrogens with one attached hydrogen (secondary N) is 3. The first-order valence-electron chi connectivity index (χ1n) is 16.1. The van der Waals surface area contributed by atoms with Crippen molar-refractivity contribution in [2.75, 3.05) is 79.4 Å². The van der Waals surface area contributed by atoms with Crippen LogP contribution in [0.4, 0.5) is 0 Å². The van der Waals surface area contributed by atoms with Crippen LogP contribution < -0.4 is 20.7 Å². The summed E-state index contributed by atoms with van der Waals surface area (Å²) in [7, 11) is 1.66. The molecule has 2 aliphatic heterocycles. The fourth-order valence-electron chi connectivity index (χ4n) is 5.76. The van der Waals surface area contributed by atoms with E-state index in [1.165, 1.54) is 10.5 Å². The van der Waals surface area contributed by atoms with E-state index in [1.807, 2.05) is 39.0 Å².